The average molecular weight is 448 g/mol. The first-order valence-electron chi connectivity index (χ1n) is 8.56. The maximum atomic E-state index is 14.4. The molecule has 0 saturated carbocycles. The van der Waals surface area contributed by atoms with Gasteiger partial charge >= 0.3 is 6.18 Å². The molecule has 1 aliphatic heterocycles. The molecule has 14 heteroatoms. The topological polar surface area (TPSA) is 115 Å². The van der Waals surface area contributed by atoms with Gasteiger partial charge in [0.05, 0.1) is 12.4 Å². The van der Waals surface area contributed by atoms with Crippen molar-refractivity contribution in [1.29, 1.82) is 0 Å². The summed E-state index contributed by atoms with van der Waals surface area (Å²) in [6.07, 6.45) is -6.92. The summed E-state index contributed by atoms with van der Waals surface area (Å²) in [5.74, 6) is -2.17. The summed E-state index contributed by atoms with van der Waals surface area (Å²) in [4.78, 5) is 26.2. The maximum Gasteiger partial charge on any atom is 0.411 e. The van der Waals surface area contributed by atoms with E-state index in [1.54, 1.807) is 0 Å². The number of anilines is 1. The molecular weight excluding hydrogens is 434 g/mol. The minimum atomic E-state index is -4.75. The number of alkyl halides is 5. The molecule has 0 aromatic carbocycles. The molecule has 8 nitrogen and oxygen atoms in total. The van der Waals surface area contributed by atoms with Gasteiger partial charge in [0.25, 0.3) is 18.4 Å². The lowest BCUT2D eigenvalue weighted by atomic mass is 9.91. The van der Waals surface area contributed by atoms with Crippen LogP contribution in [-0.2, 0) is 10.3 Å². The lowest BCUT2D eigenvalue weighted by Gasteiger charge is -2.36. The third kappa shape index (κ3) is 4.83. The second-order valence-electron chi connectivity index (χ2n) is 6.67. The smallest absolute Gasteiger partial charge is 0.411 e. The summed E-state index contributed by atoms with van der Waals surface area (Å²) >= 11 is 0. The van der Waals surface area contributed by atoms with Crippen LogP contribution in [0.1, 0.15) is 41.6 Å². The van der Waals surface area contributed by atoms with Crippen molar-refractivity contribution in [3.63, 3.8) is 0 Å². The second kappa shape index (κ2) is 8.00. The average Bonchev–Trinajstić information content (AvgIpc) is 2.68. The van der Waals surface area contributed by atoms with Gasteiger partial charge in [-0.25, -0.2) is 28.1 Å². The van der Waals surface area contributed by atoms with E-state index in [0.29, 0.717) is 6.20 Å². The molecule has 0 bridgehead atoms. The number of pyridine rings is 1. The third-order valence-corrected chi connectivity index (χ3v) is 4.29. The number of nitrogens with zero attached hydrogens (tertiary/aromatic N) is 4. The number of halogens is 6. The minimum Gasteiger partial charge on any atom is -0.452 e. The minimum absolute atomic E-state index is 0.254. The van der Waals surface area contributed by atoms with Gasteiger partial charge in [-0.15, -0.1) is 0 Å². The van der Waals surface area contributed by atoms with Crippen molar-refractivity contribution in [3.8, 4) is 0 Å². The number of rotatable bonds is 4. The number of nitrogens with two attached hydrogens (primary N) is 1. The van der Waals surface area contributed by atoms with Crippen LogP contribution in [0.15, 0.2) is 29.5 Å². The van der Waals surface area contributed by atoms with Crippen LogP contribution >= 0.6 is 0 Å². The molecule has 1 amide bonds. The molecule has 0 fully saturated rings. The predicted octanol–water partition coefficient (Wildman–Crippen LogP) is 3.08. The summed E-state index contributed by atoms with van der Waals surface area (Å²) in [6.45, 7) is 1.15. The molecule has 0 saturated heterocycles. The van der Waals surface area contributed by atoms with Crippen LogP contribution in [0.25, 0.3) is 0 Å². The van der Waals surface area contributed by atoms with Crippen molar-refractivity contribution in [3.05, 3.63) is 47.4 Å². The standard InChI is InChI=1S/C17H14F6N6O2/c1-16(4-10(17(21,22)23)27-15(24)31-16)12-7(18)2-3-11(28-12)29-14(30)9-6-25-8(5-26-9)13(19)20/h2-3,5-6,10,13H,4H2,1H3,(H2,24,27)(H,28,29,30)/t10-,16-/m0/s1. The number of hydrogen-bond acceptors (Lipinski definition) is 7. The number of carbonyl (C=O) groups excluding carboxylic acids is 1. The Morgan fingerprint density at radius 2 is 2.00 bits per heavy atom. The lowest BCUT2D eigenvalue weighted by molar-refractivity contribution is -0.164. The molecule has 0 spiro atoms. The van der Waals surface area contributed by atoms with E-state index in [4.69, 9.17) is 10.5 Å². The van der Waals surface area contributed by atoms with Crippen molar-refractivity contribution in [2.24, 2.45) is 10.7 Å². The van der Waals surface area contributed by atoms with Gasteiger partial charge in [-0.1, -0.05) is 0 Å². The fourth-order valence-corrected chi connectivity index (χ4v) is 2.83. The van der Waals surface area contributed by atoms with Gasteiger partial charge in [0.2, 0.25) is 0 Å². The van der Waals surface area contributed by atoms with Gasteiger partial charge in [-0.3, -0.25) is 9.78 Å². The molecule has 166 valence electrons. The zero-order valence-electron chi connectivity index (χ0n) is 15.6. The molecule has 3 heterocycles. The van der Waals surface area contributed by atoms with E-state index in [2.05, 4.69) is 25.3 Å². The number of carbonyl (C=O) groups is 1. The Bertz CT molecular complexity index is 1010. The Morgan fingerprint density at radius 3 is 2.58 bits per heavy atom. The third-order valence-electron chi connectivity index (χ3n) is 4.29. The van der Waals surface area contributed by atoms with Gasteiger partial charge in [0, 0.05) is 6.42 Å². The van der Waals surface area contributed by atoms with Gasteiger partial charge < -0.3 is 15.8 Å². The van der Waals surface area contributed by atoms with Crippen LogP contribution < -0.4 is 11.1 Å². The zero-order chi connectivity index (χ0) is 23.0. The number of nitrogens with one attached hydrogen (secondary N) is 1. The van der Waals surface area contributed by atoms with E-state index in [0.717, 1.165) is 25.3 Å². The molecule has 0 radical (unpaired) electrons. The molecule has 2 aromatic rings. The number of hydrogen-bond donors (Lipinski definition) is 2. The molecule has 3 rings (SSSR count). The Balaban J connectivity index is 1.86. The fraction of sp³-hybridized carbons (Fsp3) is 0.353. The van der Waals surface area contributed by atoms with Crippen LogP contribution in [0.5, 0.6) is 0 Å². The Hall–Kier alpha value is -3.45. The summed E-state index contributed by atoms with van der Waals surface area (Å²) in [6, 6.07) is -1.12. The first-order chi connectivity index (χ1) is 14.4. The highest BCUT2D eigenvalue weighted by Crippen LogP contribution is 2.40. The van der Waals surface area contributed by atoms with Crippen LogP contribution in [0.4, 0.5) is 32.2 Å². The highest BCUT2D eigenvalue weighted by atomic mass is 19.4. The number of ether oxygens (including phenoxy) is 1. The largest absolute Gasteiger partial charge is 0.452 e. The van der Waals surface area contributed by atoms with Crippen molar-refractivity contribution >= 4 is 17.7 Å². The van der Waals surface area contributed by atoms with E-state index in [9.17, 15) is 31.1 Å². The number of amides is 1. The molecule has 0 unspecified atom stereocenters. The lowest BCUT2D eigenvalue weighted by Crippen LogP contribution is -2.46. The summed E-state index contributed by atoms with van der Waals surface area (Å²) < 4.78 is 84.1. The molecule has 1 aliphatic rings. The SMILES string of the molecule is C[C@@]1(c2nc(NC(=O)c3cnc(C(F)F)cn3)ccc2F)C[C@@H](C(F)(F)F)N=C(N)O1. The first kappa shape index (κ1) is 22.2. The molecule has 31 heavy (non-hydrogen) atoms. The molecular formula is C17H14F6N6O2. The summed E-state index contributed by atoms with van der Waals surface area (Å²) in [5, 5.41) is 2.24. The number of aromatic nitrogens is 3. The van der Waals surface area contributed by atoms with Gasteiger partial charge in [0.15, 0.2) is 11.6 Å². The maximum absolute atomic E-state index is 14.4. The Labute approximate surface area is 170 Å². The predicted molar refractivity (Wildman–Crippen MR) is 93.7 cm³/mol. The molecule has 2 aromatic heterocycles. The Morgan fingerprint density at radius 1 is 1.29 bits per heavy atom. The molecule has 2 atom stereocenters. The van der Waals surface area contributed by atoms with E-state index in [-0.39, 0.29) is 11.5 Å². The monoisotopic (exact) mass is 448 g/mol. The number of amidine groups is 1. The Kier molecular flexibility index (Phi) is 5.74. The zero-order valence-corrected chi connectivity index (χ0v) is 15.6. The quantitative estimate of drug-likeness (QED) is 0.695. The van der Waals surface area contributed by atoms with Crippen LogP contribution in [0, 0.1) is 5.82 Å². The summed E-state index contributed by atoms with van der Waals surface area (Å²) in [5.41, 5.74) is 1.89. The van der Waals surface area contributed by atoms with Crippen molar-refractivity contribution < 1.29 is 35.9 Å². The second-order valence-corrected chi connectivity index (χ2v) is 6.67. The van der Waals surface area contributed by atoms with Crippen LogP contribution in [0.2, 0.25) is 0 Å². The van der Waals surface area contributed by atoms with Crippen LogP contribution in [0.3, 0.4) is 0 Å². The highest BCUT2D eigenvalue weighted by molar-refractivity contribution is 6.02. The van der Waals surface area contributed by atoms with E-state index in [1.807, 2.05) is 0 Å². The fourth-order valence-electron chi connectivity index (χ4n) is 2.83. The normalized spacial score (nSPS) is 21.4. The van der Waals surface area contributed by atoms with Gasteiger partial charge in [-0.2, -0.15) is 13.2 Å². The van der Waals surface area contributed by atoms with E-state index >= 15 is 0 Å². The highest BCUT2D eigenvalue weighted by Gasteiger charge is 2.50. The van der Waals surface area contributed by atoms with E-state index in [1.165, 1.54) is 0 Å². The van der Waals surface area contributed by atoms with Crippen molar-refractivity contribution in [2.75, 3.05) is 5.32 Å². The summed E-state index contributed by atoms with van der Waals surface area (Å²) in [7, 11) is 0. The molecule has 3 N–H and O–H groups in total. The number of aliphatic imine (C=N–C) groups is 1. The van der Waals surface area contributed by atoms with E-state index < -0.39 is 59.8 Å². The van der Waals surface area contributed by atoms with Crippen molar-refractivity contribution in [1.82, 2.24) is 15.0 Å². The van der Waals surface area contributed by atoms with Crippen LogP contribution in [-0.4, -0.2) is 39.1 Å². The molecule has 0 aliphatic carbocycles. The van der Waals surface area contributed by atoms with Gasteiger partial charge in [-0.05, 0) is 19.1 Å². The first-order valence-corrected chi connectivity index (χ1v) is 8.56. The van der Waals surface area contributed by atoms with Gasteiger partial charge in [0.1, 0.15) is 28.7 Å². The van der Waals surface area contributed by atoms with Crippen molar-refractivity contribution in [2.45, 2.75) is 37.6 Å².